The van der Waals surface area contributed by atoms with Crippen molar-refractivity contribution in [1.82, 2.24) is 4.90 Å². The summed E-state index contributed by atoms with van der Waals surface area (Å²) in [6.45, 7) is 4.70. The maximum atomic E-state index is 13.1. The molecule has 1 heterocycles. The zero-order valence-electron chi connectivity index (χ0n) is 10.3. The Kier molecular flexibility index (Phi) is 4.13. The van der Waals surface area contributed by atoms with Crippen LogP contribution in [0, 0.1) is 11.7 Å². The van der Waals surface area contributed by atoms with E-state index in [2.05, 4.69) is 11.8 Å². The molecule has 0 spiro atoms. The van der Waals surface area contributed by atoms with E-state index < -0.39 is 0 Å². The standard InChI is InChI=1S/C14H20FNO/c1-2-12-10-16(7-6-14(12)17)9-11-4-3-5-13(15)8-11/h3-5,8,12,14,17H,2,6-7,9-10H2,1H3/t12-,14-/m1/s1. The summed E-state index contributed by atoms with van der Waals surface area (Å²) in [5.41, 5.74) is 1.01. The first kappa shape index (κ1) is 12.5. The topological polar surface area (TPSA) is 23.5 Å². The molecule has 1 aliphatic heterocycles. The molecule has 2 rings (SSSR count). The molecule has 0 aromatic heterocycles. The van der Waals surface area contributed by atoms with Gasteiger partial charge >= 0.3 is 0 Å². The molecular formula is C14H20FNO. The zero-order chi connectivity index (χ0) is 12.3. The molecule has 1 N–H and O–H groups in total. The summed E-state index contributed by atoms with van der Waals surface area (Å²) in [6.07, 6.45) is 1.66. The van der Waals surface area contributed by atoms with Gasteiger partial charge in [-0.05, 0) is 36.5 Å². The monoisotopic (exact) mass is 237 g/mol. The molecule has 0 unspecified atom stereocenters. The highest BCUT2D eigenvalue weighted by atomic mass is 19.1. The van der Waals surface area contributed by atoms with Crippen LogP contribution in [-0.2, 0) is 6.54 Å². The fourth-order valence-electron chi connectivity index (χ4n) is 2.53. The van der Waals surface area contributed by atoms with Crippen molar-refractivity contribution in [3.63, 3.8) is 0 Å². The first-order valence-electron chi connectivity index (χ1n) is 6.34. The average molecular weight is 237 g/mol. The minimum Gasteiger partial charge on any atom is -0.393 e. The highest BCUT2D eigenvalue weighted by Gasteiger charge is 2.26. The van der Waals surface area contributed by atoms with Gasteiger partial charge in [0, 0.05) is 19.6 Å². The predicted octanol–water partition coefficient (Wildman–Crippen LogP) is 2.42. The van der Waals surface area contributed by atoms with E-state index in [1.54, 1.807) is 12.1 Å². The Morgan fingerprint density at radius 2 is 2.29 bits per heavy atom. The highest BCUT2D eigenvalue weighted by molar-refractivity contribution is 5.16. The third-order valence-corrected chi connectivity index (χ3v) is 3.60. The van der Waals surface area contributed by atoms with Crippen molar-refractivity contribution >= 4 is 0 Å². The van der Waals surface area contributed by atoms with Crippen molar-refractivity contribution in [2.45, 2.75) is 32.4 Å². The van der Waals surface area contributed by atoms with Gasteiger partial charge in [0.15, 0.2) is 0 Å². The van der Waals surface area contributed by atoms with Gasteiger partial charge in [0.2, 0.25) is 0 Å². The molecule has 1 aromatic rings. The van der Waals surface area contributed by atoms with Crippen LogP contribution in [-0.4, -0.2) is 29.2 Å². The SMILES string of the molecule is CC[C@@H]1CN(Cc2cccc(F)c2)CC[C@H]1O. The van der Waals surface area contributed by atoms with Crippen LogP contribution >= 0.6 is 0 Å². The van der Waals surface area contributed by atoms with Crippen LogP contribution in [0.5, 0.6) is 0 Å². The maximum Gasteiger partial charge on any atom is 0.123 e. The van der Waals surface area contributed by atoms with Crippen LogP contribution in [0.1, 0.15) is 25.3 Å². The molecule has 0 bridgehead atoms. The lowest BCUT2D eigenvalue weighted by Gasteiger charge is -2.35. The Hall–Kier alpha value is -0.930. The third-order valence-electron chi connectivity index (χ3n) is 3.60. The summed E-state index contributed by atoms with van der Waals surface area (Å²) >= 11 is 0. The molecule has 1 fully saturated rings. The Morgan fingerprint density at radius 3 is 3.00 bits per heavy atom. The number of halogens is 1. The van der Waals surface area contributed by atoms with E-state index >= 15 is 0 Å². The van der Waals surface area contributed by atoms with E-state index in [0.717, 1.165) is 38.0 Å². The second-order valence-corrected chi connectivity index (χ2v) is 4.89. The number of likely N-dealkylation sites (tertiary alicyclic amines) is 1. The van der Waals surface area contributed by atoms with Crippen LogP contribution in [0.25, 0.3) is 0 Å². The van der Waals surface area contributed by atoms with E-state index in [0.29, 0.717) is 5.92 Å². The number of benzene rings is 1. The third kappa shape index (κ3) is 3.27. The number of nitrogens with zero attached hydrogens (tertiary/aromatic N) is 1. The molecular weight excluding hydrogens is 217 g/mol. The predicted molar refractivity (Wildman–Crippen MR) is 66.1 cm³/mol. The lowest BCUT2D eigenvalue weighted by molar-refractivity contribution is 0.0221. The van der Waals surface area contributed by atoms with Crippen LogP contribution in [0.15, 0.2) is 24.3 Å². The van der Waals surface area contributed by atoms with Crippen molar-refractivity contribution in [3.8, 4) is 0 Å². The normalized spacial score (nSPS) is 26.1. The second kappa shape index (κ2) is 5.61. The Morgan fingerprint density at radius 1 is 1.47 bits per heavy atom. The Bertz CT molecular complexity index is 369. The number of hydrogen-bond acceptors (Lipinski definition) is 2. The van der Waals surface area contributed by atoms with Gasteiger partial charge in [-0.2, -0.15) is 0 Å². The molecule has 94 valence electrons. The molecule has 1 saturated heterocycles. The molecule has 0 amide bonds. The van der Waals surface area contributed by atoms with E-state index in [4.69, 9.17) is 0 Å². The van der Waals surface area contributed by atoms with E-state index in [1.165, 1.54) is 6.07 Å². The van der Waals surface area contributed by atoms with Gasteiger partial charge in [0.1, 0.15) is 5.82 Å². The van der Waals surface area contributed by atoms with Crippen molar-refractivity contribution in [2.24, 2.45) is 5.92 Å². The lowest BCUT2D eigenvalue weighted by atomic mass is 9.92. The van der Waals surface area contributed by atoms with E-state index in [9.17, 15) is 9.50 Å². The van der Waals surface area contributed by atoms with Gasteiger partial charge in [0.05, 0.1) is 6.10 Å². The quantitative estimate of drug-likeness (QED) is 0.872. The van der Waals surface area contributed by atoms with E-state index in [1.807, 2.05) is 6.07 Å². The fourth-order valence-corrected chi connectivity index (χ4v) is 2.53. The largest absolute Gasteiger partial charge is 0.393 e. The first-order chi connectivity index (χ1) is 8.19. The summed E-state index contributed by atoms with van der Waals surface area (Å²) in [5, 5.41) is 9.81. The number of aliphatic hydroxyl groups is 1. The maximum absolute atomic E-state index is 13.1. The van der Waals surface area contributed by atoms with Gasteiger partial charge in [-0.15, -0.1) is 0 Å². The van der Waals surface area contributed by atoms with Gasteiger partial charge in [-0.1, -0.05) is 19.1 Å². The van der Waals surface area contributed by atoms with Gasteiger partial charge in [-0.3, -0.25) is 4.90 Å². The summed E-state index contributed by atoms with van der Waals surface area (Å²) in [6, 6.07) is 6.76. The number of hydrogen-bond donors (Lipinski definition) is 1. The van der Waals surface area contributed by atoms with Gasteiger partial charge < -0.3 is 5.11 Å². The van der Waals surface area contributed by atoms with Crippen molar-refractivity contribution in [1.29, 1.82) is 0 Å². The van der Waals surface area contributed by atoms with Crippen molar-refractivity contribution in [2.75, 3.05) is 13.1 Å². The lowest BCUT2D eigenvalue weighted by Crippen LogP contribution is -2.42. The minimum absolute atomic E-state index is 0.163. The van der Waals surface area contributed by atoms with Crippen LogP contribution < -0.4 is 0 Å². The number of rotatable bonds is 3. The Balaban J connectivity index is 1.95. The van der Waals surface area contributed by atoms with Crippen molar-refractivity contribution < 1.29 is 9.50 Å². The number of piperidine rings is 1. The highest BCUT2D eigenvalue weighted by Crippen LogP contribution is 2.21. The molecule has 0 radical (unpaired) electrons. The molecule has 1 aliphatic rings. The molecule has 2 nitrogen and oxygen atoms in total. The Labute approximate surface area is 102 Å². The summed E-state index contributed by atoms with van der Waals surface area (Å²) in [7, 11) is 0. The fraction of sp³-hybridized carbons (Fsp3) is 0.571. The zero-order valence-corrected chi connectivity index (χ0v) is 10.3. The summed E-state index contributed by atoms with van der Waals surface area (Å²) in [5.74, 6) is 0.184. The van der Waals surface area contributed by atoms with Crippen LogP contribution in [0.2, 0.25) is 0 Å². The summed E-state index contributed by atoms with van der Waals surface area (Å²) in [4.78, 5) is 2.30. The second-order valence-electron chi connectivity index (χ2n) is 4.89. The van der Waals surface area contributed by atoms with Gasteiger partial charge in [-0.25, -0.2) is 4.39 Å². The molecule has 0 aliphatic carbocycles. The molecule has 2 atom stereocenters. The molecule has 0 saturated carbocycles. The van der Waals surface area contributed by atoms with Gasteiger partial charge in [0.25, 0.3) is 0 Å². The summed E-state index contributed by atoms with van der Waals surface area (Å²) < 4.78 is 13.1. The average Bonchev–Trinajstić information content (AvgIpc) is 2.32. The molecule has 17 heavy (non-hydrogen) atoms. The smallest absolute Gasteiger partial charge is 0.123 e. The minimum atomic E-state index is -0.174. The number of aliphatic hydroxyl groups excluding tert-OH is 1. The van der Waals surface area contributed by atoms with Crippen LogP contribution in [0.4, 0.5) is 4.39 Å². The van der Waals surface area contributed by atoms with Crippen LogP contribution in [0.3, 0.4) is 0 Å². The first-order valence-corrected chi connectivity index (χ1v) is 6.34. The molecule has 3 heteroatoms. The molecule has 1 aromatic carbocycles. The van der Waals surface area contributed by atoms with E-state index in [-0.39, 0.29) is 11.9 Å². The van der Waals surface area contributed by atoms with Crippen molar-refractivity contribution in [3.05, 3.63) is 35.6 Å².